The maximum absolute atomic E-state index is 12.4. The first-order valence-corrected chi connectivity index (χ1v) is 29.0. The molecule has 64 heavy (non-hydrogen) atoms. The highest BCUT2D eigenvalue weighted by Crippen LogP contribution is 2.43. The number of aliphatic hydroxyl groups excluding tert-OH is 2. The van der Waals surface area contributed by atoms with Gasteiger partial charge in [0, 0.05) is 12.8 Å². The number of hydrogen-bond acceptors (Lipinski definition) is 9. The van der Waals surface area contributed by atoms with Gasteiger partial charge in [-0.25, -0.2) is 4.57 Å². The third-order valence-corrected chi connectivity index (χ3v) is 13.5. The van der Waals surface area contributed by atoms with Gasteiger partial charge in [-0.3, -0.25) is 18.6 Å². The number of aliphatic hydroxyl groups is 2. The predicted octanol–water partition coefficient (Wildman–Crippen LogP) is 15.7. The molecule has 3 unspecified atom stereocenters. The van der Waals surface area contributed by atoms with Gasteiger partial charge < -0.3 is 24.6 Å². The molecule has 382 valence electrons. The summed E-state index contributed by atoms with van der Waals surface area (Å²) >= 11 is 0. The molecule has 0 aromatic rings. The molecular weight excluding hydrogens is 828 g/mol. The highest BCUT2D eigenvalue weighted by Gasteiger charge is 2.27. The van der Waals surface area contributed by atoms with E-state index in [4.69, 9.17) is 18.5 Å². The number of phosphoric ester groups is 1. The average molecular weight is 933 g/mol. The first kappa shape index (κ1) is 63.0. The Morgan fingerprint density at radius 1 is 0.359 bits per heavy atom. The van der Waals surface area contributed by atoms with Gasteiger partial charge in [0.1, 0.15) is 12.2 Å². The van der Waals surface area contributed by atoms with Crippen molar-refractivity contribution in [1.29, 1.82) is 0 Å². The van der Waals surface area contributed by atoms with Gasteiger partial charge in [0.25, 0.3) is 0 Å². The number of rotatable bonds is 53. The Hall–Kier alpha value is -1.03. The zero-order valence-corrected chi connectivity index (χ0v) is 42.9. The smallest absolute Gasteiger partial charge is 0.457 e. The van der Waals surface area contributed by atoms with E-state index >= 15 is 0 Å². The Labute approximate surface area is 394 Å². The van der Waals surface area contributed by atoms with E-state index in [2.05, 4.69) is 13.8 Å². The molecule has 10 nitrogen and oxygen atoms in total. The summed E-state index contributed by atoms with van der Waals surface area (Å²) in [5.74, 6) is -0.998. The van der Waals surface area contributed by atoms with Gasteiger partial charge in [0.15, 0.2) is 0 Å². The summed E-state index contributed by atoms with van der Waals surface area (Å²) in [4.78, 5) is 34.7. The lowest BCUT2D eigenvalue weighted by Crippen LogP contribution is -2.28. The van der Waals surface area contributed by atoms with Gasteiger partial charge in [-0.05, 0) is 12.8 Å². The van der Waals surface area contributed by atoms with Crippen molar-refractivity contribution in [2.75, 3.05) is 26.4 Å². The molecule has 0 saturated carbocycles. The number of phosphoric acid groups is 1. The van der Waals surface area contributed by atoms with Crippen molar-refractivity contribution in [2.45, 2.75) is 302 Å². The third-order valence-electron chi connectivity index (χ3n) is 12.6. The highest BCUT2D eigenvalue weighted by atomic mass is 31.2. The van der Waals surface area contributed by atoms with E-state index in [9.17, 15) is 29.3 Å². The van der Waals surface area contributed by atoms with Crippen LogP contribution in [0.4, 0.5) is 0 Å². The third kappa shape index (κ3) is 47.5. The normalized spacial score (nSPS) is 13.5. The summed E-state index contributed by atoms with van der Waals surface area (Å²) in [5, 5.41) is 19.3. The molecule has 0 bridgehead atoms. The maximum Gasteiger partial charge on any atom is 0.472 e. The molecule has 0 aromatic carbocycles. The quantitative estimate of drug-likeness (QED) is 0.0306. The van der Waals surface area contributed by atoms with E-state index in [0.29, 0.717) is 12.8 Å². The van der Waals surface area contributed by atoms with Gasteiger partial charge in [-0.2, -0.15) is 0 Å². The molecule has 0 aromatic heterocycles. The monoisotopic (exact) mass is 933 g/mol. The van der Waals surface area contributed by atoms with Gasteiger partial charge in [-0.1, -0.05) is 264 Å². The van der Waals surface area contributed by atoms with Crippen molar-refractivity contribution in [1.82, 2.24) is 0 Å². The van der Waals surface area contributed by atoms with Crippen LogP contribution in [0.25, 0.3) is 0 Å². The summed E-state index contributed by atoms with van der Waals surface area (Å²) in [7, 11) is -4.64. The van der Waals surface area contributed by atoms with E-state index in [1.165, 1.54) is 212 Å². The number of hydrogen-bond donors (Lipinski definition) is 3. The summed E-state index contributed by atoms with van der Waals surface area (Å²) in [6, 6.07) is 0. The van der Waals surface area contributed by atoms with E-state index in [1.807, 2.05) is 0 Å². The SMILES string of the molecule is CCCCCCCCCCCCCCCCCCCCCCCCCCC(=O)OC(CO)COP(=O)(O)OCC(CO)OC(=O)CCCCCCCCCCCCCCCCCCC. The topological polar surface area (TPSA) is 149 Å². The molecule has 0 amide bonds. The Morgan fingerprint density at radius 2 is 0.547 bits per heavy atom. The number of carbonyl (C=O) groups excluding carboxylic acids is 2. The van der Waals surface area contributed by atoms with Crippen molar-refractivity contribution in [3.05, 3.63) is 0 Å². The minimum absolute atomic E-state index is 0.200. The van der Waals surface area contributed by atoms with Crippen LogP contribution < -0.4 is 0 Å². The van der Waals surface area contributed by atoms with Crippen molar-refractivity contribution in [3.8, 4) is 0 Å². The molecule has 0 aliphatic rings. The van der Waals surface area contributed by atoms with Crippen LogP contribution in [0.2, 0.25) is 0 Å². The predicted molar refractivity (Wildman–Crippen MR) is 266 cm³/mol. The fraction of sp³-hybridized carbons (Fsp3) is 0.962. The second-order valence-corrected chi connectivity index (χ2v) is 20.4. The fourth-order valence-corrected chi connectivity index (χ4v) is 9.14. The van der Waals surface area contributed by atoms with E-state index in [1.54, 1.807) is 0 Å². The summed E-state index contributed by atoms with van der Waals surface area (Å²) < 4.78 is 32.8. The van der Waals surface area contributed by atoms with Crippen molar-refractivity contribution >= 4 is 19.8 Å². The Morgan fingerprint density at radius 3 is 0.734 bits per heavy atom. The minimum Gasteiger partial charge on any atom is -0.457 e. The lowest BCUT2D eigenvalue weighted by Gasteiger charge is -2.20. The van der Waals surface area contributed by atoms with Crippen LogP contribution in [-0.2, 0) is 32.7 Å². The summed E-state index contributed by atoms with van der Waals surface area (Å²) in [5.41, 5.74) is 0. The van der Waals surface area contributed by atoms with Crippen LogP contribution >= 0.6 is 7.82 Å². The second-order valence-electron chi connectivity index (χ2n) is 18.9. The lowest BCUT2D eigenvalue weighted by atomic mass is 10.0. The van der Waals surface area contributed by atoms with E-state index < -0.39 is 58.4 Å². The Balaban J connectivity index is 3.74. The van der Waals surface area contributed by atoms with Crippen molar-refractivity contribution < 1.29 is 47.8 Å². The first-order chi connectivity index (χ1) is 31.3. The number of esters is 2. The highest BCUT2D eigenvalue weighted by molar-refractivity contribution is 7.47. The van der Waals surface area contributed by atoms with E-state index in [0.717, 1.165) is 38.5 Å². The van der Waals surface area contributed by atoms with Crippen LogP contribution in [0.3, 0.4) is 0 Å². The van der Waals surface area contributed by atoms with Gasteiger partial charge in [0.05, 0.1) is 26.4 Å². The number of ether oxygens (including phenoxy) is 2. The molecule has 0 aliphatic carbocycles. The maximum atomic E-state index is 12.4. The van der Waals surface area contributed by atoms with Gasteiger partial charge in [-0.15, -0.1) is 0 Å². The van der Waals surface area contributed by atoms with Crippen molar-refractivity contribution in [3.63, 3.8) is 0 Å². The molecular formula is C53H105O10P. The number of carbonyl (C=O) groups is 2. The molecule has 0 radical (unpaired) electrons. The molecule has 0 spiro atoms. The number of unbranched alkanes of at least 4 members (excludes halogenated alkanes) is 39. The van der Waals surface area contributed by atoms with Gasteiger partial charge in [0.2, 0.25) is 0 Å². The summed E-state index contributed by atoms with van der Waals surface area (Å²) in [6.45, 7) is 2.29. The Bertz CT molecular complexity index is 1030. The lowest BCUT2D eigenvalue weighted by molar-refractivity contribution is -0.153. The Kier molecular flexibility index (Phi) is 49.1. The molecule has 0 heterocycles. The average Bonchev–Trinajstić information content (AvgIpc) is 3.29. The largest absolute Gasteiger partial charge is 0.472 e. The van der Waals surface area contributed by atoms with Gasteiger partial charge >= 0.3 is 19.8 Å². The van der Waals surface area contributed by atoms with Crippen LogP contribution in [0.15, 0.2) is 0 Å². The van der Waals surface area contributed by atoms with Crippen LogP contribution in [0, 0.1) is 0 Å². The molecule has 0 rings (SSSR count). The van der Waals surface area contributed by atoms with E-state index in [-0.39, 0.29) is 12.8 Å². The molecule has 3 atom stereocenters. The summed E-state index contributed by atoms with van der Waals surface area (Å²) in [6.07, 6.45) is 50.9. The molecule has 11 heteroatoms. The standard InChI is InChI=1S/C53H105O10P/c1-3-5-7-9-11-13-15-17-19-21-22-23-24-25-26-27-29-31-33-35-37-39-41-43-45-53(57)63-51(47-55)49-61-64(58,59)60-48-50(46-54)62-52(56)44-42-40-38-36-34-32-30-28-20-18-16-14-12-10-8-6-4-2/h50-51,54-55H,3-49H2,1-2H3,(H,58,59). The van der Waals surface area contributed by atoms with Crippen LogP contribution in [-0.4, -0.2) is 65.7 Å². The molecule has 0 fully saturated rings. The zero-order valence-electron chi connectivity index (χ0n) is 42.0. The zero-order chi connectivity index (χ0) is 46.9. The van der Waals surface area contributed by atoms with Crippen molar-refractivity contribution in [2.24, 2.45) is 0 Å². The minimum atomic E-state index is -4.64. The van der Waals surface area contributed by atoms with Crippen LogP contribution in [0.5, 0.6) is 0 Å². The first-order valence-electron chi connectivity index (χ1n) is 27.5. The molecule has 0 saturated heterocycles. The second kappa shape index (κ2) is 49.9. The van der Waals surface area contributed by atoms with Crippen LogP contribution in [0.1, 0.15) is 290 Å². The molecule has 0 aliphatic heterocycles. The fourth-order valence-electron chi connectivity index (χ4n) is 8.36. The molecule has 3 N–H and O–H groups in total.